The molecule has 0 unspecified atom stereocenters. The third-order valence-electron chi connectivity index (χ3n) is 2.46. The zero-order valence-electron chi connectivity index (χ0n) is 10.1. The number of hydrogen-bond acceptors (Lipinski definition) is 4. The average molecular weight is 258 g/mol. The molecule has 92 valence electrons. The monoisotopic (exact) mass is 258 g/mol. The first-order valence-electron chi connectivity index (χ1n) is 5.62. The molecule has 0 atom stereocenters. The molecule has 0 saturated heterocycles. The molecule has 1 heterocycles. The zero-order valence-corrected chi connectivity index (χ0v) is 11.0. The molecule has 4 heteroatoms. The maximum absolute atomic E-state index is 8.81. The van der Waals surface area contributed by atoms with Crippen LogP contribution in [-0.2, 0) is 12.3 Å². The van der Waals surface area contributed by atoms with E-state index >= 15 is 0 Å². The molecular formula is C14H14N2OS. The molecule has 1 N–H and O–H groups in total. The van der Waals surface area contributed by atoms with Gasteiger partial charge in [-0.05, 0) is 36.6 Å². The Hall–Kier alpha value is -1.86. The van der Waals surface area contributed by atoms with Crippen LogP contribution in [0.15, 0.2) is 40.8 Å². The SMILES string of the molecule is CSCc1ccc(CNc2cccc(C#N)c2)o1. The van der Waals surface area contributed by atoms with Crippen molar-refractivity contribution in [1.82, 2.24) is 0 Å². The van der Waals surface area contributed by atoms with Gasteiger partial charge in [0.25, 0.3) is 0 Å². The summed E-state index contributed by atoms with van der Waals surface area (Å²) in [6, 6.07) is 13.5. The lowest BCUT2D eigenvalue weighted by atomic mass is 10.2. The first kappa shape index (κ1) is 12.6. The van der Waals surface area contributed by atoms with Gasteiger partial charge in [0.2, 0.25) is 0 Å². The van der Waals surface area contributed by atoms with Crippen LogP contribution in [0.5, 0.6) is 0 Å². The van der Waals surface area contributed by atoms with Crippen LogP contribution in [0.3, 0.4) is 0 Å². The van der Waals surface area contributed by atoms with Crippen molar-refractivity contribution in [2.75, 3.05) is 11.6 Å². The fraction of sp³-hybridized carbons (Fsp3) is 0.214. The normalized spacial score (nSPS) is 10.0. The molecule has 0 fully saturated rings. The summed E-state index contributed by atoms with van der Waals surface area (Å²) in [4.78, 5) is 0. The molecule has 0 aliphatic rings. The molecule has 0 saturated carbocycles. The number of nitrogens with zero attached hydrogens (tertiary/aromatic N) is 1. The first-order valence-corrected chi connectivity index (χ1v) is 7.02. The highest BCUT2D eigenvalue weighted by atomic mass is 32.2. The summed E-state index contributed by atoms with van der Waals surface area (Å²) in [5, 5.41) is 12.1. The Morgan fingerprint density at radius 3 is 2.89 bits per heavy atom. The lowest BCUT2D eigenvalue weighted by Gasteiger charge is -2.04. The standard InChI is InChI=1S/C14H14N2OS/c1-18-10-14-6-5-13(17-14)9-16-12-4-2-3-11(7-12)8-15/h2-7,16H,9-10H2,1H3. The number of furan rings is 1. The zero-order chi connectivity index (χ0) is 12.8. The Balaban J connectivity index is 1.96. The molecular weight excluding hydrogens is 244 g/mol. The lowest BCUT2D eigenvalue weighted by molar-refractivity contribution is 0.487. The molecule has 18 heavy (non-hydrogen) atoms. The molecule has 0 spiro atoms. The number of nitriles is 1. The van der Waals surface area contributed by atoms with Gasteiger partial charge in [-0.15, -0.1) is 0 Å². The highest BCUT2D eigenvalue weighted by molar-refractivity contribution is 7.97. The third-order valence-corrected chi connectivity index (χ3v) is 3.04. The first-order chi connectivity index (χ1) is 8.81. The minimum Gasteiger partial charge on any atom is -0.463 e. The van der Waals surface area contributed by atoms with E-state index in [9.17, 15) is 0 Å². The van der Waals surface area contributed by atoms with Crippen LogP contribution in [0.25, 0.3) is 0 Å². The average Bonchev–Trinajstić information content (AvgIpc) is 2.85. The van der Waals surface area contributed by atoms with Crippen molar-refractivity contribution in [1.29, 1.82) is 5.26 Å². The second-order valence-corrected chi connectivity index (χ2v) is 4.71. The number of benzene rings is 1. The quantitative estimate of drug-likeness (QED) is 0.889. The molecule has 3 nitrogen and oxygen atoms in total. The Morgan fingerprint density at radius 1 is 1.28 bits per heavy atom. The second-order valence-electron chi connectivity index (χ2n) is 3.85. The summed E-state index contributed by atoms with van der Waals surface area (Å²) < 4.78 is 5.65. The van der Waals surface area contributed by atoms with E-state index in [2.05, 4.69) is 11.4 Å². The number of anilines is 1. The molecule has 2 aromatic rings. The van der Waals surface area contributed by atoms with Crippen LogP contribution in [0.2, 0.25) is 0 Å². The van der Waals surface area contributed by atoms with Crippen molar-refractivity contribution >= 4 is 17.4 Å². The fourth-order valence-corrected chi connectivity index (χ4v) is 2.06. The van der Waals surface area contributed by atoms with E-state index in [-0.39, 0.29) is 0 Å². The van der Waals surface area contributed by atoms with Crippen molar-refractivity contribution in [3.63, 3.8) is 0 Å². The van der Waals surface area contributed by atoms with Gasteiger partial charge in [0.1, 0.15) is 11.5 Å². The molecule has 0 aliphatic heterocycles. The molecule has 1 aromatic carbocycles. The van der Waals surface area contributed by atoms with E-state index in [1.54, 1.807) is 17.8 Å². The molecule has 0 radical (unpaired) electrons. The Kier molecular flexibility index (Phi) is 4.32. The molecule has 2 rings (SSSR count). The summed E-state index contributed by atoms with van der Waals surface area (Å²) in [7, 11) is 0. The van der Waals surface area contributed by atoms with Gasteiger partial charge in [-0.2, -0.15) is 17.0 Å². The number of nitrogens with one attached hydrogen (secondary N) is 1. The van der Waals surface area contributed by atoms with Crippen molar-refractivity contribution in [3.05, 3.63) is 53.5 Å². The van der Waals surface area contributed by atoms with E-state index in [0.717, 1.165) is 23.0 Å². The van der Waals surface area contributed by atoms with E-state index in [4.69, 9.17) is 9.68 Å². The van der Waals surface area contributed by atoms with E-state index in [1.807, 2.05) is 36.6 Å². The van der Waals surface area contributed by atoms with Gasteiger partial charge in [-0.25, -0.2) is 0 Å². The molecule has 1 aromatic heterocycles. The van der Waals surface area contributed by atoms with Gasteiger partial charge >= 0.3 is 0 Å². The van der Waals surface area contributed by atoms with Crippen LogP contribution < -0.4 is 5.32 Å². The Bertz CT molecular complexity index is 557. The number of hydrogen-bond donors (Lipinski definition) is 1. The van der Waals surface area contributed by atoms with Gasteiger partial charge in [-0.3, -0.25) is 0 Å². The number of thioether (sulfide) groups is 1. The topological polar surface area (TPSA) is 49.0 Å². The summed E-state index contributed by atoms with van der Waals surface area (Å²) in [5.41, 5.74) is 1.58. The van der Waals surface area contributed by atoms with Gasteiger partial charge < -0.3 is 9.73 Å². The maximum Gasteiger partial charge on any atom is 0.123 e. The lowest BCUT2D eigenvalue weighted by Crippen LogP contribution is -1.98. The summed E-state index contributed by atoms with van der Waals surface area (Å²) in [5.74, 6) is 2.79. The second kappa shape index (κ2) is 6.18. The third kappa shape index (κ3) is 3.31. The Labute approximate surface area is 111 Å². The summed E-state index contributed by atoms with van der Waals surface area (Å²) >= 11 is 1.74. The molecule has 0 aliphatic carbocycles. The van der Waals surface area contributed by atoms with Crippen molar-refractivity contribution in [2.24, 2.45) is 0 Å². The highest BCUT2D eigenvalue weighted by Gasteiger charge is 2.01. The molecule has 0 amide bonds. The maximum atomic E-state index is 8.81. The minimum atomic E-state index is 0.628. The summed E-state index contributed by atoms with van der Waals surface area (Å²) in [6.07, 6.45) is 2.05. The van der Waals surface area contributed by atoms with Crippen LogP contribution >= 0.6 is 11.8 Å². The predicted molar refractivity (Wildman–Crippen MR) is 74.4 cm³/mol. The number of rotatable bonds is 5. The van der Waals surface area contributed by atoms with Crippen LogP contribution in [0.1, 0.15) is 17.1 Å². The highest BCUT2D eigenvalue weighted by Crippen LogP contribution is 2.15. The van der Waals surface area contributed by atoms with E-state index in [1.165, 1.54) is 0 Å². The van der Waals surface area contributed by atoms with Crippen molar-refractivity contribution < 1.29 is 4.42 Å². The summed E-state index contributed by atoms with van der Waals surface area (Å²) in [6.45, 7) is 0.628. The predicted octanol–water partition coefficient (Wildman–Crippen LogP) is 3.63. The van der Waals surface area contributed by atoms with Crippen LogP contribution in [-0.4, -0.2) is 6.26 Å². The Morgan fingerprint density at radius 2 is 2.11 bits per heavy atom. The van der Waals surface area contributed by atoms with Gasteiger partial charge in [0.05, 0.1) is 23.9 Å². The largest absolute Gasteiger partial charge is 0.463 e. The van der Waals surface area contributed by atoms with E-state index < -0.39 is 0 Å². The van der Waals surface area contributed by atoms with E-state index in [0.29, 0.717) is 12.1 Å². The van der Waals surface area contributed by atoms with Crippen molar-refractivity contribution in [3.8, 4) is 6.07 Å². The minimum absolute atomic E-state index is 0.628. The van der Waals surface area contributed by atoms with Crippen molar-refractivity contribution in [2.45, 2.75) is 12.3 Å². The fourth-order valence-electron chi connectivity index (χ4n) is 1.63. The van der Waals surface area contributed by atoms with Gasteiger partial charge in [0, 0.05) is 5.69 Å². The van der Waals surface area contributed by atoms with Crippen LogP contribution in [0.4, 0.5) is 5.69 Å². The van der Waals surface area contributed by atoms with Crippen LogP contribution in [0, 0.1) is 11.3 Å². The smallest absolute Gasteiger partial charge is 0.123 e. The van der Waals surface area contributed by atoms with Gasteiger partial charge in [0.15, 0.2) is 0 Å². The molecule has 0 bridgehead atoms. The van der Waals surface area contributed by atoms with Gasteiger partial charge in [-0.1, -0.05) is 6.07 Å².